The summed E-state index contributed by atoms with van der Waals surface area (Å²) in [6.45, 7) is 8.88. The highest BCUT2D eigenvalue weighted by molar-refractivity contribution is 7.15. The quantitative estimate of drug-likeness (QED) is 0.441. The summed E-state index contributed by atoms with van der Waals surface area (Å²) in [5.74, 6) is 0.279. The first-order chi connectivity index (χ1) is 14.9. The fourth-order valence-corrected chi connectivity index (χ4v) is 5.36. The molecule has 3 N–H and O–H groups in total. The van der Waals surface area contributed by atoms with E-state index in [0.29, 0.717) is 24.7 Å². The molecule has 6 nitrogen and oxygen atoms in total. The number of carboxylic acids is 1. The molecule has 0 saturated carbocycles. The summed E-state index contributed by atoms with van der Waals surface area (Å²) in [5, 5.41) is 13.3. The molecule has 0 radical (unpaired) electrons. The van der Waals surface area contributed by atoms with Crippen LogP contribution in [0.25, 0.3) is 22.2 Å². The number of aliphatic carboxylic acids is 1. The maximum atomic E-state index is 11.0. The molecule has 3 aromatic rings. The highest BCUT2D eigenvalue weighted by Crippen LogP contribution is 2.38. The Morgan fingerprint density at radius 2 is 1.90 bits per heavy atom. The van der Waals surface area contributed by atoms with Crippen LogP contribution >= 0.6 is 11.3 Å². The highest BCUT2D eigenvalue weighted by atomic mass is 32.1. The Kier molecular flexibility index (Phi) is 7.62. The number of carbonyl (C=O) groups is 1. The number of hydrogen-bond acceptors (Lipinski definition) is 6. The van der Waals surface area contributed by atoms with Crippen molar-refractivity contribution >= 4 is 17.3 Å². The standard InChI is InChI=1S/C24H31N3O3S/c1-5-8-18-19(13-25)22(31-20(18)7-3)24-26-23(27-30-24)16-11-14(4)17(9-10-21(28)29)15(6-2)12-16/h11-12H,5-10,13,25H2,1-4H3,(H,28,29). The molecular weight excluding hydrogens is 410 g/mol. The lowest BCUT2D eigenvalue weighted by atomic mass is 9.93. The largest absolute Gasteiger partial charge is 0.481 e. The van der Waals surface area contributed by atoms with Crippen molar-refractivity contribution < 1.29 is 14.4 Å². The van der Waals surface area contributed by atoms with Crippen molar-refractivity contribution in [3.8, 4) is 22.2 Å². The van der Waals surface area contributed by atoms with Gasteiger partial charge in [-0.2, -0.15) is 4.98 Å². The minimum atomic E-state index is -0.783. The van der Waals surface area contributed by atoms with Gasteiger partial charge >= 0.3 is 5.97 Å². The third kappa shape index (κ3) is 4.88. The predicted octanol–water partition coefficient (Wildman–Crippen LogP) is 5.33. The van der Waals surface area contributed by atoms with E-state index in [9.17, 15) is 4.79 Å². The number of benzene rings is 1. The van der Waals surface area contributed by atoms with Crippen molar-refractivity contribution in [2.45, 2.75) is 72.8 Å². The predicted molar refractivity (Wildman–Crippen MR) is 124 cm³/mol. The van der Waals surface area contributed by atoms with Gasteiger partial charge < -0.3 is 15.4 Å². The lowest BCUT2D eigenvalue weighted by Gasteiger charge is -2.12. The normalized spacial score (nSPS) is 11.3. The van der Waals surface area contributed by atoms with Crippen LogP contribution in [-0.4, -0.2) is 21.2 Å². The number of hydrogen-bond donors (Lipinski definition) is 2. The summed E-state index contributed by atoms with van der Waals surface area (Å²) in [6.07, 6.45) is 4.50. The van der Waals surface area contributed by atoms with Gasteiger partial charge in [0.1, 0.15) is 0 Å². The SMILES string of the molecule is CCCc1c(CC)sc(-c2nc(-c3cc(C)c(CCC(=O)O)c(CC)c3)no2)c1CN. The molecule has 0 aliphatic carbocycles. The molecule has 31 heavy (non-hydrogen) atoms. The van der Waals surface area contributed by atoms with E-state index >= 15 is 0 Å². The van der Waals surface area contributed by atoms with Gasteiger partial charge in [-0.1, -0.05) is 32.3 Å². The van der Waals surface area contributed by atoms with Crippen LogP contribution < -0.4 is 5.73 Å². The zero-order chi connectivity index (χ0) is 22.5. The van der Waals surface area contributed by atoms with Crippen molar-refractivity contribution in [1.29, 1.82) is 0 Å². The molecule has 166 valence electrons. The molecule has 7 heteroatoms. The van der Waals surface area contributed by atoms with Gasteiger partial charge in [-0.15, -0.1) is 11.3 Å². The second-order valence-corrected chi connectivity index (χ2v) is 8.83. The molecule has 0 bridgehead atoms. The molecule has 2 aromatic heterocycles. The smallest absolute Gasteiger partial charge is 0.303 e. The molecule has 0 atom stereocenters. The number of aromatic nitrogens is 2. The van der Waals surface area contributed by atoms with Crippen LogP contribution in [0.3, 0.4) is 0 Å². The first kappa shape index (κ1) is 23.2. The third-order valence-electron chi connectivity index (χ3n) is 5.64. The molecule has 0 amide bonds. The Bertz CT molecular complexity index is 1070. The molecule has 0 fully saturated rings. The highest BCUT2D eigenvalue weighted by Gasteiger charge is 2.22. The summed E-state index contributed by atoms with van der Waals surface area (Å²) >= 11 is 1.70. The zero-order valence-electron chi connectivity index (χ0n) is 18.7. The van der Waals surface area contributed by atoms with Crippen LogP contribution in [0.4, 0.5) is 0 Å². The van der Waals surface area contributed by atoms with E-state index in [0.717, 1.165) is 58.4 Å². The van der Waals surface area contributed by atoms with Gasteiger partial charge in [0.15, 0.2) is 0 Å². The fraction of sp³-hybridized carbons (Fsp3) is 0.458. The van der Waals surface area contributed by atoms with E-state index in [1.54, 1.807) is 11.3 Å². The monoisotopic (exact) mass is 441 g/mol. The number of aryl methyl sites for hydroxylation is 3. The summed E-state index contributed by atoms with van der Waals surface area (Å²) in [7, 11) is 0. The number of nitrogens with two attached hydrogens (primary N) is 1. The lowest BCUT2D eigenvalue weighted by molar-refractivity contribution is -0.136. The molecule has 0 aliphatic rings. The van der Waals surface area contributed by atoms with Crippen LogP contribution in [-0.2, 0) is 37.0 Å². The Hall–Kier alpha value is -2.51. The first-order valence-corrected chi connectivity index (χ1v) is 11.8. The van der Waals surface area contributed by atoms with Crippen LogP contribution in [0, 0.1) is 6.92 Å². The second-order valence-electron chi connectivity index (χ2n) is 7.72. The van der Waals surface area contributed by atoms with E-state index in [1.807, 2.05) is 13.0 Å². The Balaban J connectivity index is 1.99. The molecule has 0 spiro atoms. The summed E-state index contributed by atoms with van der Waals surface area (Å²) in [6, 6.07) is 4.07. The van der Waals surface area contributed by atoms with Gasteiger partial charge in [-0.05, 0) is 72.6 Å². The average Bonchev–Trinajstić information content (AvgIpc) is 3.37. The van der Waals surface area contributed by atoms with Crippen molar-refractivity contribution in [2.75, 3.05) is 0 Å². The van der Waals surface area contributed by atoms with Crippen molar-refractivity contribution in [1.82, 2.24) is 10.1 Å². The van der Waals surface area contributed by atoms with Crippen molar-refractivity contribution in [3.05, 3.63) is 44.8 Å². The molecule has 0 saturated heterocycles. The average molecular weight is 442 g/mol. The van der Waals surface area contributed by atoms with Gasteiger partial charge in [-0.25, -0.2) is 0 Å². The third-order valence-corrected chi connectivity index (χ3v) is 7.05. The summed E-state index contributed by atoms with van der Waals surface area (Å²) in [4.78, 5) is 18.0. The zero-order valence-corrected chi connectivity index (χ0v) is 19.6. The molecular formula is C24H31N3O3S. The lowest BCUT2D eigenvalue weighted by Crippen LogP contribution is -2.03. The molecule has 3 rings (SSSR count). The minimum Gasteiger partial charge on any atom is -0.481 e. The van der Waals surface area contributed by atoms with Gasteiger partial charge in [0.05, 0.1) is 4.88 Å². The topological polar surface area (TPSA) is 102 Å². The fourth-order valence-electron chi connectivity index (χ4n) is 4.12. The van der Waals surface area contributed by atoms with E-state index in [1.165, 1.54) is 10.4 Å². The summed E-state index contributed by atoms with van der Waals surface area (Å²) < 4.78 is 5.68. The first-order valence-electron chi connectivity index (χ1n) is 10.9. The van der Waals surface area contributed by atoms with E-state index in [-0.39, 0.29) is 6.42 Å². The van der Waals surface area contributed by atoms with Crippen LogP contribution in [0.5, 0.6) is 0 Å². The van der Waals surface area contributed by atoms with Crippen LogP contribution in [0.2, 0.25) is 0 Å². The van der Waals surface area contributed by atoms with Crippen LogP contribution in [0.15, 0.2) is 16.7 Å². The maximum absolute atomic E-state index is 11.0. The number of thiophene rings is 1. The van der Waals surface area contributed by atoms with Crippen molar-refractivity contribution in [2.24, 2.45) is 5.73 Å². The number of nitrogens with zero attached hydrogens (tertiary/aromatic N) is 2. The van der Waals surface area contributed by atoms with Gasteiger partial charge in [0.2, 0.25) is 5.82 Å². The van der Waals surface area contributed by atoms with Gasteiger partial charge in [0.25, 0.3) is 5.89 Å². The molecule has 1 aromatic carbocycles. The molecule has 2 heterocycles. The maximum Gasteiger partial charge on any atom is 0.303 e. The summed E-state index contributed by atoms with van der Waals surface area (Å²) in [5.41, 5.74) is 12.7. The van der Waals surface area contributed by atoms with Crippen molar-refractivity contribution in [3.63, 3.8) is 0 Å². The Morgan fingerprint density at radius 3 is 2.52 bits per heavy atom. The van der Waals surface area contributed by atoms with Gasteiger partial charge in [-0.3, -0.25) is 4.79 Å². The van der Waals surface area contributed by atoms with Gasteiger partial charge in [0, 0.05) is 23.4 Å². The van der Waals surface area contributed by atoms with E-state index in [2.05, 4.69) is 32.0 Å². The van der Waals surface area contributed by atoms with E-state index < -0.39 is 5.97 Å². The van der Waals surface area contributed by atoms with Crippen LogP contribution in [0.1, 0.15) is 66.3 Å². The molecule has 0 unspecified atom stereocenters. The van der Waals surface area contributed by atoms with E-state index in [4.69, 9.17) is 20.3 Å². The second kappa shape index (κ2) is 10.2. The minimum absolute atomic E-state index is 0.125. The Morgan fingerprint density at radius 1 is 1.13 bits per heavy atom. The number of rotatable bonds is 10. The number of carboxylic acid groups (broad SMARTS) is 1. The molecule has 0 aliphatic heterocycles. The Labute approximate surface area is 187 Å².